The molecule has 2 N–H and O–H groups in total. The van der Waals surface area contributed by atoms with Crippen LogP contribution < -0.4 is 10.6 Å². The van der Waals surface area contributed by atoms with E-state index >= 15 is 0 Å². The van der Waals surface area contributed by atoms with Gasteiger partial charge in [0, 0.05) is 18.3 Å². The molecule has 5 heteroatoms. The summed E-state index contributed by atoms with van der Waals surface area (Å²) >= 11 is 0. The number of rotatable bonds is 2. The summed E-state index contributed by atoms with van der Waals surface area (Å²) in [4.78, 5) is 20.1. The van der Waals surface area contributed by atoms with E-state index in [1.165, 1.54) is 0 Å². The first-order valence-corrected chi connectivity index (χ1v) is 6.09. The Hall–Kier alpha value is -1.49. The fraction of sp³-hybridized carbons (Fsp3) is 0.583. The predicted molar refractivity (Wildman–Crippen MR) is 63.3 cm³/mol. The van der Waals surface area contributed by atoms with Gasteiger partial charge in [0.25, 0.3) is 0 Å². The van der Waals surface area contributed by atoms with Crippen molar-refractivity contribution in [2.75, 3.05) is 18.4 Å². The molecule has 2 heterocycles. The minimum Gasteiger partial charge on any atom is -0.317 e. The molecule has 1 aromatic heterocycles. The number of carbonyl (C=O) groups is 1. The number of hydrogen-bond donors (Lipinski definition) is 2. The smallest absolute Gasteiger partial charge is 0.230 e. The van der Waals surface area contributed by atoms with Gasteiger partial charge >= 0.3 is 0 Å². The Kier molecular flexibility index (Phi) is 2.55. The van der Waals surface area contributed by atoms with Crippen LogP contribution in [0.25, 0.3) is 0 Å². The lowest BCUT2D eigenvalue weighted by Gasteiger charge is -2.23. The molecule has 1 saturated carbocycles. The Morgan fingerprint density at radius 3 is 2.76 bits per heavy atom. The van der Waals surface area contributed by atoms with Crippen LogP contribution in [0.15, 0.2) is 18.5 Å². The second-order valence-electron chi connectivity index (χ2n) is 4.93. The zero-order chi connectivity index (χ0) is 11.7. The molecule has 3 rings (SSSR count). The molecule has 2 aliphatic rings. The van der Waals surface area contributed by atoms with Crippen LogP contribution in [0, 0.1) is 11.3 Å². The molecule has 17 heavy (non-hydrogen) atoms. The van der Waals surface area contributed by atoms with E-state index in [9.17, 15) is 4.79 Å². The quantitative estimate of drug-likeness (QED) is 0.791. The van der Waals surface area contributed by atoms with Crippen molar-refractivity contribution in [3.63, 3.8) is 0 Å². The van der Waals surface area contributed by atoms with Gasteiger partial charge < -0.3 is 5.32 Å². The van der Waals surface area contributed by atoms with E-state index in [0.717, 1.165) is 32.4 Å². The summed E-state index contributed by atoms with van der Waals surface area (Å²) in [5.41, 5.74) is 0.268. The molecule has 1 aliphatic carbocycles. The summed E-state index contributed by atoms with van der Waals surface area (Å²) in [6.45, 7) is 2.07. The maximum Gasteiger partial charge on any atom is 0.230 e. The van der Waals surface area contributed by atoms with Gasteiger partial charge in [-0.1, -0.05) is 0 Å². The zero-order valence-electron chi connectivity index (χ0n) is 9.65. The highest BCUT2D eigenvalue weighted by atomic mass is 16.2. The molecule has 5 nitrogen and oxygen atoms in total. The summed E-state index contributed by atoms with van der Waals surface area (Å²) < 4.78 is 0. The summed E-state index contributed by atoms with van der Waals surface area (Å²) in [6.07, 6.45) is 6.51. The maximum atomic E-state index is 12.0. The standard InChI is InChI=1S/C12H16N4O/c17-10(16-11-14-4-1-5-15-11)9-8-12(9)2-6-13-7-3-12/h1,4-5,9,13H,2-3,6-8H2,(H,14,15,16,17). The molecule has 1 saturated heterocycles. The molecular formula is C12H16N4O. The van der Waals surface area contributed by atoms with Gasteiger partial charge in [-0.3, -0.25) is 10.1 Å². The van der Waals surface area contributed by atoms with Gasteiger partial charge in [0.2, 0.25) is 11.9 Å². The summed E-state index contributed by atoms with van der Waals surface area (Å²) in [6, 6.07) is 1.74. The van der Waals surface area contributed by atoms with Crippen molar-refractivity contribution in [3.05, 3.63) is 18.5 Å². The topological polar surface area (TPSA) is 66.9 Å². The van der Waals surface area contributed by atoms with Crippen molar-refractivity contribution in [2.24, 2.45) is 11.3 Å². The Morgan fingerprint density at radius 1 is 1.35 bits per heavy atom. The number of aromatic nitrogens is 2. The van der Waals surface area contributed by atoms with Gasteiger partial charge in [-0.15, -0.1) is 0 Å². The molecule has 0 radical (unpaired) electrons. The average Bonchev–Trinajstić information content (AvgIpc) is 3.05. The highest BCUT2D eigenvalue weighted by molar-refractivity contribution is 5.93. The third kappa shape index (κ3) is 2.02. The summed E-state index contributed by atoms with van der Waals surface area (Å²) in [7, 11) is 0. The zero-order valence-corrected chi connectivity index (χ0v) is 9.65. The SMILES string of the molecule is O=C(Nc1ncccn1)C1CC12CCNCC2. The molecule has 1 aliphatic heterocycles. The fourth-order valence-electron chi connectivity index (χ4n) is 2.76. The number of carbonyl (C=O) groups excluding carboxylic acids is 1. The van der Waals surface area contributed by atoms with E-state index in [-0.39, 0.29) is 17.2 Å². The van der Waals surface area contributed by atoms with Crippen LogP contribution in [0.3, 0.4) is 0 Å². The first-order valence-electron chi connectivity index (χ1n) is 6.09. The average molecular weight is 232 g/mol. The Balaban J connectivity index is 1.61. The minimum absolute atomic E-state index is 0.0816. The monoisotopic (exact) mass is 232 g/mol. The van der Waals surface area contributed by atoms with E-state index < -0.39 is 0 Å². The van der Waals surface area contributed by atoms with E-state index in [2.05, 4.69) is 20.6 Å². The van der Waals surface area contributed by atoms with Crippen LogP contribution in [-0.4, -0.2) is 29.0 Å². The first kappa shape index (κ1) is 10.7. The first-order chi connectivity index (χ1) is 8.30. The molecule has 1 amide bonds. The minimum atomic E-state index is 0.0816. The van der Waals surface area contributed by atoms with E-state index in [1.54, 1.807) is 18.5 Å². The molecule has 1 unspecified atom stereocenters. The van der Waals surface area contributed by atoms with Crippen LogP contribution in [0.4, 0.5) is 5.95 Å². The Morgan fingerprint density at radius 2 is 2.06 bits per heavy atom. The second-order valence-corrected chi connectivity index (χ2v) is 4.93. The highest BCUT2D eigenvalue weighted by Gasteiger charge is 2.57. The Bertz CT molecular complexity index is 414. The third-order valence-electron chi connectivity index (χ3n) is 3.91. The number of anilines is 1. The van der Waals surface area contributed by atoms with Crippen LogP contribution in [0.5, 0.6) is 0 Å². The third-order valence-corrected chi connectivity index (χ3v) is 3.91. The summed E-state index contributed by atoms with van der Waals surface area (Å²) in [5.74, 6) is 0.653. The van der Waals surface area contributed by atoms with Crippen molar-refractivity contribution in [1.29, 1.82) is 0 Å². The molecule has 0 aromatic carbocycles. The van der Waals surface area contributed by atoms with Gasteiger partial charge in [0.05, 0.1) is 0 Å². The van der Waals surface area contributed by atoms with Crippen LogP contribution >= 0.6 is 0 Å². The van der Waals surface area contributed by atoms with Crippen molar-refractivity contribution >= 4 is 11.9 Å². The highest BCUT2D eigenvalue weighted by Crippen LogP contribution is 2.58. The van der Waals surface area contributed by atoms with Gasteiger partial charge in [-0.05, 0) is 43.8 Å². The number of piperidine rings is 1. The van der Waals surface area contributed by atoms with Crippen molar-refractivity contribution in [1.82, 2.24) is 15.3 Å². The molecule has 0 bridgehead atoms. The fourth-order valence-corrected chi connectivity index (χ4v) is 2.76. The van der Waals surface area contributed by atoms with Gasteiger partial charge in [-0.2, -0.15) is 0 Å². The normalized spacial score (nSPS) is 25.5. The van der Waals surface area contributed by atoms with Gasteiger partial charge in [-0.25, -0.2) is 9.97 Å². The molecule has 2 fully saturated rings. The molecule has 1 atom stereocenters. The lowest BCUT2D eigenvalue weighted by molar-refractivity contribution is -0.118. The largest absolute Gasteiger partial charge is 0.317 e. The number of amides is 1. The maximum absolute atomic E-state index is 12.0. The van der Waals surface area contributed by atoms with Crippen molar-refractivity contribution in [3.8, 4) is 0 Å². The van der Waals surface area contributed by atoms with E-state index in [1.807, 2.05) is 0 Å². The lowest BCUT2D eigenvalue weighted by Crippen LogP contribution is -2.31. The van der Waals surface area contributed by atoms with Crippen molar-refractivity contribution in [2.45, 2.75) is 19.3 Å². The molecule has 1 aromatic rings. The lowest BCUT2D eigenvalue weighted by atomic mass is 9.92. The van der Waals surface area contributed by atoms with Gasteiger partial charge in [0.1, 0.15) is 0 Å². The van der Waals surface area contributed by atoms with E-state index in [4.69, 9.17) is 0 Å². The predicted octanol–water partition coefficient (Wildman–Crippen LogP) is 0.805. The summed E-state index contributed by atoms with van der Waals surface area (Å²) in [5, 5.41) is 6.13. The second kappa shape index (κ2) is 4.07. The number of hydrogen-bond acceptors (Lipinski definition) is 4. The van der Waals surface area contributed by atoms with Crippen LogP contribution in [0.2, 0.25) is 0 Å². The van der Waals surface area contributed by atoms with Gasteiger partial charge in [0.15, 0.2) is 0 Å². The number of nitrogens with zero attached hydrogens (tertiary/aromatic N) is 2. The van der Waals surface area contributed by atoms with Crippen LogP contribution in [0.1, 0.15) is 19.3 Å². The van der Waals surface area contributed by atoms with Crippen molar-refractivity contribution < 1.29 is 4.79 Å². The Labute approximate surface area is 100 Å². The number of nitrogens with one attached hydrogen (secondary N) is 2. The molecule has 1 spiro atoms. The van der Waals surface area contributed by atoms with Crippen LogP contribution in [-0.2, 0) is 4.79 Å². The molecule has 90 valence electrons. The molecular weight excluding hydrogens is 216 g/mol. The van der Waals surface area contributed by atoms with E-state index in [0.29, 0.717) is 5.95 Å².